The van der Waals surface area contributed by atoms with Crippen LogP contribution in [0.5, 0.6) is 0 Å². The lowest BCUT2D eigenvalue weighted by atomic mass is 9.99. The molecular weight excluding hydrogens is 409 g/mol. The van der Waals surface area contributed by atoms with Gasteiger partial charge in [0.25, 0.3) is 0 Å². The van der Waals surface area contributed by atoms with Crippen molar-refractivity contribution in [3.8, 4) is 0 Å². The molecule has 0 unspecified atom stereocenters. The molecule has 7 nitrogen and oxygen atoms in total. The van der Waals surface area contributed by atoms with E-state index in [0.717, 1.165) is 24.4 Å². The van der Waals surface area contributed by atoms with Crippen LogP contribution < -0.4 is 15.5 Å². The number of fused-ring (bicyclic) bond motifs is 1. The van der Waals surface area contributed by atoms with Crippen LogP contribution in [0.4, 0.5) is 29.7 Å². The Morgan fingerprint density at radius 1 is 1.16 bits per heavy atom. The number of aromatic nitrogens is 3. The van der Waals surface area contributed by atoms with Crippen LogP contribution in [-0.4, -0.2) is 34.1 Å². The van der Waals surface area contributed by atoms with Crippen LogP contribution >= 0.6 is 0 Å². The first-order valence-corrected chi connectivity index (χ1v) is 10.1. The van der Waals surface area contributed by atoms with Crippen molar-refractivity contribution in [2.24, 2.45) is 5.92 Å². The van der Waals surface area contributed by atoms with Crippen molar-refractivity contribution in [2.75, 3.05) is 23.3 Å². The molecule has 0 radical (unpaired) electrons. The number of anilines is 2. The largest absolute Gasteiger partial charge is 0.433 e. The van der Waals surface area contributed by atoms with Crippen LogP contribution in [0.1, 0.15) is 31.0 Å². The number of nitrogens with one attached hydrogen (secondary N) is 3. The number of alkyl halides is 3. The predicted molar refractivity (Wildman–Crippen MR) is 112 cm³/mol. The highest BCUT2D eigenvalue weighted by Gasteiger charge is 2.34. The molecule has 0 atom stereocenters. The van der Waals surface area contributed by atoms with Gasteiger partial charge in [0.15, 0.2) is 0 Å². The summed E-state index contributed by atoms with van der Waals surface area (Å²) in [6.45, 7) is 3.43. The van der Waals surface area contributed by atoms with Gasteiger partial charge < -0.3 is 15.2 Å². The highest BCUT2D eigenvalue weighted by atomic mass is 19.4. The van der Waals surface area contributed by atoms with E-state index >= 15 is 0 Å². The molecule has 3 heterocycles. The van der Waals surface area contributed by atoms with Crippen LogP contribution in [0.2, 0.25) is 0 Å². The molecule has 1 aliphatic rings. The van der Waals surface area contributed by atoms with Crippen molar-refractivity contribution in [1.82, 2.24) is 20.3 Å². The number of piperidine rings is 1. The number of carbonyl (C=O) groups excluding carboxylic acids is 1. The smallest absolute Gasteiger partial charge is 0.356 e. The van der Waals surface area contributed by atoms with Crippen LogP contribution in [0.25, 0.3) is 11.0 Å². The molecule has 0 aliphatic carbocycles. The SMILES string of the molecule is CC1CCN(c2nc(C(F)(F)F)ccc2CNC(=O)Nc2nc3ccccc3[nH]2)CC1. The van der Waals surface area contributed by atoms with Gasteiger partial charge in [-0.1, -0.05) is 25.1 Å². The molecule has 31 heavy (non-hydrogen) atoms. The molecule has 1 saturated heterocycles. The number of carbonyl (C=O) groups is 1. The Labute approximate surface area is 177 Å². The first-order chi connectivity index (χ1) is 14.8. The summed E-state index contributed by atoms with van der Waals surface area (Å²) in [5, 5.41) is 5.29. The Morgan fingerprint density at radius 3 is 2.61 bits per heavy atom. The maximum atomic E-state index is 13.2. The van der Waals surface area contributed by atoms with E-state index in [9.17, 15) is 18.0 Å². The standard InChI is InChI=1S/C21H23F3N6O/c1-13-8-10-30(11-9-13)18-14(6-7-17(28-18)21(22,23)24)12-25-20(31)29-19-26-15-4-2-3-5-16(15)27-19/h2-7,13H,8-12H2,1H3,(H3,25,26,27,29,31). The predicted octanol–water partition coefficient (Wildman–Crippen LogP) is 4.53. The second kappa shape index (κ2) is 8.44. The fourth-order valence-corrected chi connectivity index (χ4v) is 3.61. The van der Waals surface area contributed by atoms with Gasteiger partial charge in [-0.2, -0.15) is 13.2 Å². The van der Waals surface area contributed by atoms with Gasteiger partial charge in [-0.05, 0) is 37.0 Å². The number of hydrogen-bond acceptors (Lipinski definition) is 4. The molecule has 3 N–H and O–H groups in total. The monoisotopic (exact) mass is 432 g/mol. The Hall–Kier alpha value is -3.30. The van der Waals surface area contributed by atoms with E-state index in [2.05, 4.69) is 32.5 Å². The summed E-state index contributed by atoms with van der Waals surface area (Å²) in [7, 11) is 0. The molecule has 2 amide bonds. The van der Waals surface area contributed by atoms with Crippen LogP contribution in [0.15, 0.2) is 36.4 Å². The molecule has 4 rings (SSSR count). The zero-order valence-corrected chi connectivity index (χ0v) is 17.0. The molecule has 10 heteroatoms. The van der Waals surface area contributed by atoms with Gasteiger partial charge in [0.2, 0.25) is 5.95 Å². The van der Waals surface area contributed by atoms with Crippen molar-refractivity contribution >= 4 is 28.8 Å². The van der Waals surface area contributed by atoms with Gasteiger partial charge in [0, 0.05) is 25.2 Å². The molecule has 0 spiro atoms. The maximum absolute atomic E-state index is 13.2. The van der Waals surface area contributed by atoms with E-state index in [1.807, 2.05) is 29.2 Å². The molecule has 1 fully saturated rings. The highest BCUT2D eigenvalue weighted by Crippen LogP contribution is 2.32. The average molecular weight is 432 g/mol. The van der Waals surface area contributed by atoms with Gasteiger partial charge in [0.05, 0.1) is 11.0 Å². The van der Waals surface area contributed by atoms with Crippen molar-refractivity contribution in [2.45, 2.75) is 32.5 Å². The number of amides is 2. The number of H-pyrrole nitrogens is 1. The number of rotatable bonds is 4. The minimum absolute atomic E-state index is 0.0403. The Balaban J connectivity index is 1.48. The molecule has 1 aromatic carbocycles. The summed E-state index contributed by atoms with van der Waals surface area (Å²) >= 11 is 0. The van der Waals surface area contributed by atoms with Crippen molar-refractivity contribution in [1.29, 1.82) is 0 Å². The van der Waals surface area contributed by atoms with Crippen molar-refractivity contribution in [3.05, 3.63) is 47.7 Å². The lowest BCUT2D eigenvalue weighted by Gasteiger charge is -2.33. The Kier molecular flexibility index (Phi) is 5.71. The number of nitrogens with zero attached hydrogens (tertiary/aromatic N) is 3. The lowest BCUT2D eigenvalue weighted by molar-refractivity contribution is -0.141. The number of para-hydroxylation sites is 2. The first-order valence-electron chi connectivity index (χ1n) is 10.1. The maximum Gasteiger partial charge on any atom is 0.433 e. The molecule has 0 saturated carbocycles. The molecule has 3 aromatic rings. The number of halogens is 3. The topological polar surface area (TPSA) is 85.9 Å². The van der Waals surface area contributed by atoms with Crippen molar-refractivity contribution < 1.29 is 18.0 Å². The van der Waals surface area contributed by atoms with E-state index in [1.54, 1.807) is 0 Å². The van der Waals surface area contributed by atoms with E-state index in [1.165, 1.54) is 6.07 Å². The minimum atomic E-state index is -4.53. The third-order valence-corrected chi connectivity index (χ3v) is 5.39. The number of hydrogen-bond donors (Lipinski definition) is 3. The van der Waals surface area contributed by atoms with Crippen LogP contribution in [-0.2, 0) is 12.7 Å². The van der Waals surface area contributed by atoms with Gasteiger partial charge in [0.1, 0.15) is 11.5 Å². The highest BCUT2D eigenvalue weighted by molar-refractivity contribution is 5.89. The number of benzene rings is 1. The second-order valence-electron chi connectivity index (χ2n) is 7.76. The Morgan fingerprint density at radius 2 is 1.90 bits per heavy atom. The summed E-state index contributed by atoms with van der Waals surface area (Å²) < 4.78 is 39.6. The van der Waals surface area contributed by atoms with Crippen molar-refractivity contribution in [3.63, 3.8) is 0 Å². The quantitative estimate of drug-likeness (QED) is 0.565. The minimum Gasteiger partial charge on any atom is -0.356 e. The summed E-state index contributed by atoms with van der Waals surface area (Å²) in [5.74, 6) is 1.08. The van der Waals surface area contributed by atoms with E-state index in [-0.39, 0.29) is 18.3 Å². The molecule has 2 aromatic heterocycles. The number of imidazole rings is 1. The summed E-state index contributed by atoms with van der Waals surface area (Å²) in [6.07, 6.45) is -2.75. The van der Waals surface area contributed by atoms with Gasteiger partial charge in [-0.25, -0.2) is 14.8 Å². The molecule has 1 aliphatic heterocycles. The fraction of sp³-hybridized carbons (Fsp3) is 0.381. The Bertz CT molecular complexity index is 1040. The lowest BCUT2D eigenvalue weighted by Crippen LogP contribution is -2.36. The summed E-state index contributed by atoms with van der Waals surface area (Å²) in [6, 6.07) is 9.16. The van der Waals surface area contributed by atoms with Crippen LogP contribution in [0.3, 0.4) is 0 Å². The number of pyridine rings is 1. The van der Waals surface area contributed by atoms with Gasteiger partial charge in [-0.15, -0.1) is 0 Å². The summed E-state index contributed by atoms with van der Waals surface area (Å²) in [5.41, 5.74) is 1.09. The van der Waals surface area contributed by atoms with E-state index in [4.69, 9.17) is 0 Å². The molecule has 164 valence electrons. The normalized spacial score (nSPS) is 15.3. The average Bonchev–Trinajstić information content (AvgIpc) is 3.14. The van der Waals surface area contributed by atoms with Gasteiger partial charge in [-0.3, -0.25) is 5.32 Å². The number of aromatic amines is 1. The zero-order chi connectivity index (χ0) is 22.0. The molecular formula is C21H23F3N6O. The first kappa shape index (κ1) is 21.0. The van der Waals surface area contributed by atoms with E-state index in [0.29, 0.717) is 30.1 Å². The molecule has 0 bridgehead atoms. The third-order valence-electron chi connectivity index (χ3n) is 5.39. The third kappa shape index (κ3) is 4.89. The number of urea groups is 1. The second-order valence-corrected chi connectivity index (χ2v) is 7.76. The zero-order valence-electron chi connectivity index (χ0n) is 17.0. The fourth-order valence-electron chi connectivity index (χ4n) is 3.61. The summed E-state index contributed by atoms with van der Waals surface area (Å²) in [4.78, 5) is 25.3. The van der Waals surface area contributed by atoms with Gasteiger partial charge >= 0.3 is 12.2 Å². The van der Waals surface area contributed by atoms with Crippen LogP contribution in [0, 0.1) is 5.92 Å². The van der Waals surface area contributed by atoms with E-state index < -0.39 is 17.9 Å².